The van der Waals surface area contributed by atoms with E-state index >= 15 is 0 Å². The van der Waals surface area contributed by atoms with Crippen LogP contribution in [0.2, 0.25) is 0 Å². The maximum Gasteiger partial charge on any atom is 0.206 e. The molecule has 1 saturated heterocycles. The Hall–Kier alpha value is -1.03. The second-order valence-corrected chi connectivity index (χ2v) is 5.19. The van der Waals surface area contributed by atoms with Gasteiger partial charge in [0, 0.05) is 37.9 Å². The lowest BCUT2D eigenvalue weighted by atomic mass is 10.2. The number of hydrogen-bond acceptors (Lipinski definition) is 3. The Bertz CT molecular complexity index is 369. The van der Waals surface area contributed by atoms with E-state index in [0.717, 1.165) is 32.0 Å². The van der Waals surface area contributed by atoms with Gasteiger partial charge in [0.25, 0.3) is 0 Å². The Morgan fingerprint density at radius 3 is 2.88 bits per heavy atom. The third kappa shape index (κ3) is 2.63. The van der Waals surface area contributed by atoms with Crippen LogP contribution in [-0.2, 0) is 6.42 Å². The van der Waals surface area contributed by atoms with Crippen LogP contribution in [0.25, 0.3) is 0 Å². The topological polar surface area (TPSA) is 33.1 Å². The smallest absolute Gasteiger partial charge is 0.206 e. The molecule has 0 aromatic carbocycles. The molecule has 0 spiro atoms. The van der Waals surface area contributed by atoms with Crippen LogP contribution in [0.4, 0.5) is 5.95 Å². The Kier molecular flexibility index (Phi) is 3.72. The molecule has 1 aromatic heterocycles. The van der Waals surface area contributed by atoms with E-state index < -0.39 is 0 Å². The molecule has 0 bridgehead atoms. The van der Waals surface area contributed by atoms with Crippen molar-refractivity contribution in [3.63, 3.8) is 0 Å². The standard InChI is InChI=1S/C13H24N4/c1-5-12-9-17(10(2)3)13(15-12)16-7-6-14-11(4)8-16/h9-11,14H,5-8H2,1-4H3/t11-/m0/s1. The number of hydrogen-bond donors (Lipinski definition) is 1. The molecule has 1 atom stereocenters. The largest absolute Gasteiger partial charge is 0.339 e. The molecule has 0 aliphatic carbocycles. The first kappa shape index (κ1) is 12.4. The van der Waals surface area contributed by atoms with Gasteiger partial charge < -0.3 is 14.8 Å². The lowest BCUT2D eigenvalue weighted by Crippen LogP contribution is -2.50. The summed E-state index contributed by atoms with van der Waals surface area (Å²) in [6, 6.07) is 1.02. The van der Waals surface area contributed by atoms with E-state index in [1.165, 1.54) is 5.69 Å². The number of aromatic nitrogens is 2. The molecule has 0 saturated carbocycles. The summed E-state index contributed by atoms with van der Waals surface area (Å²) in [4.78, 5) is 7.17. The Balaban J connectivity index is 2.26. The van der Waals surface area contributed by atoms with Gasteiger partial charge in [-0.05, 0) is 27.2 Å². The van der Waals surface area contributed by atoms with Crippen molar-refractivity contribution in [3.05, 3.63) is 11.9 Å². The van der Waals surface area contributed by atoms with Crippen LogP contribution in [0.15, 0.2) is 6.20 Å². The number of nitrogens with zero attached hydrogens (tertiary/aromatic N) is 3. The normalized spacial score (nSPS) is 21.2. The van der Waals surface area contributed by atoms with Crippen molar-refractivity contribution in [2.24, 2.45) is 0 Å². The highest BCUT2D eigenvalue weighted by molar-refractivity contribution is 5.35. The minimum absolute atomic E-state index is 0.475. The van der Waals surface area contributed by atoms with Crippen LogP contribution in [0.1, 0.15) is 39.4 Å². The molecule has 96 valence electrons. The first-order valence-corrected chi connectivity index (χ1v) is 6.68. The van der Waals surface area contributed by atoms with Gasteiger partial charge in [0.15, 0.2) is 0 Å². The van der Waals surface area contributed by atoms with Crippen molar-refractivity contribution in [3.8, 4) is 0 Å². The zero-order valence-corrected chi connectivity index (χ0v) is 11.4. The van der Waals surface area contributed by atoms with E-state index in [4.69, 9.17) is 4.98 Å². The van der Waals surface area contributed by atoms with E-state index in [0.29, 0.717) is 12.1 Å². The summed E-state index contributed by atoms with van der Waals surface area (Å²) in [5.41, 5.74) is 1.19. The van der Waals surface area contributed by atoms with E-state index in [1.807, 2.05) is 0 Å². The maximum atomic E-state index is 4.77. The van der Waals surface area contributed by atoms with Gasteiger partial charge in [-0.2, -0.15) is 0 Å². The van der Waals surface area contributed by atoms with E-state index in [2.05, 4.69) is 48.7 Å². The van der Waals surface area contributed by atoms with Gasteiger partial charge in [0.1, 0.15) is 0 Å². The summed E-state index contributed by atoms with van der Waals surface area (Å²) in [5, 5.41) is 3.47. The van der Waals surface area contributed by atoms with Crippen molar-refractivity contribution in [1.82, 2.24) is 14.9 Å². The van der Waals surface area contributed by atoms with Crippen molar-refractivity contribution < 1.29 is 0 Å². The molecule has 17 heavy (non-hydrogen) atoms. The fourth-order valence-electron chi connectivity index (χ4n) is 2.33. The van der Waals surface area contributed by atoms with E-state index in [1.54, 1.807) is 0 Å². The van der Waals surface area contributed by atoms with Crippen LogP contribution in [0.3, 0.4) is 0 Å². The molecule has 2 rings (SSSR count). The summed E-state index contributed by atoms with van der Waals surface area (Å²) in [5.74, 6) is 1.14. The predicted molar refractivity (Wildman–Crippen MR) is 71.7 cm³/mol. The molecular weight excluding hydrogens is 212 g/mol. The highest BCUT2D eigenvalue weighted by Gasteiger charge is 2.21. The number of nitrogens with one attached hydrogen (secondary N) is 1. The number of imidazole rings is 1. The summed E-state index contributed by atoms with van der Waals surface area (Å²) in [7, 11) is 0. The molecule has 2 heterocycles. The van der Waals surface area contributed by atoms with Crippen molar-refractivity contribution >= 4 is 5.95 Å². The Morgan fingerprint density at radius 1 is 1.53 bits per heavy atom. The molecule has 4 heteroatoms. The minimum Gasteiger partial charge on any atom is -0.339 e. The van der Waals surface area contributed by atoms with E-state index in [9.17, 15) is 0 Å². The van der Waals surface area contributed by atoms with Crippen LogP contribution in [0.5, 0.6) is 0 Å². The fourth-order valence-corrected chi connectivity index (χ4v) is 2.33. The number of rotatable bonds is 3. The second-order valence-electron chi connectivity index (χ2n) is 5.19. The quantitative estimate of drug-likeness (QED) is 0.869. The minimum atomic E-state index is 0.475. The van der Waals surface area contributed by atoms with Gasteiger partial charge in [0.05, 0.1) is 5.69 Å². The third-order valence-electron chi connectivity index (χ3n) is 3.33. The molecule has 1 N–H and O–H groups in total. The van der Waals surface area contributed by atoms with Gasteiger partial charge in [-0.3, -0.25) is 0 Å². The van der Waals surface area contributed by atoms with Gasteiger partial charge in [-0.1, -0.05) is 6.92 Å². The summed E-state index contributed by atoms with van der Waals surface area (Å²) >= 11 is 0. The Morgan fingerprint density at radius 2 is 2.29 bits per heavy atom. The Labute approximate surface area is 104 Å². The van der Waals surface area contributed by atoms with Crippen molar-refractivity contribution in [1.29, 1.82) is 0 Å². The lowest BCUT2D eigenvalue weighted by molar-refractivity contribution is 0.468. The third-order valence-corrected chi connectivity index (χ3v) is 3.33. The van der Waals surface area contributed by atoms with Gasteiger partial charge >= 0.3 is 0 Å². The number of anilines is 1. The lowest BCUT2D eigenvalue weighted by Gasteiger charge is -2.33. The summed E-state index contributed by atoms with van der Waals surface area (Å²) in [6.07, 6.45) is 3.21. The monoisotopic (exact) mass is 236 g/mol. The summed E-state index contributed by atoms with van der Waals surface area (Å²) < 4.78 is 2.30. The maximum absolute atomic E-state index is 4.77. The molecule has 1 aliphatic heterocycles. The highest BCUT2D eigenvalue weighted by Crippen LogP contribution is 2.21. The molecule has 1 aromatic rings. The van der Waals surface area contributed by atoms with Gasteiger partial charge in [-0.25, -0.2) is 4.98 Å². The zero-order valence-electron chi connectivity index (χ0n) is 11.4. The van der Waals surface area contributed by atoms with Gasteiger partial charge in [-0.15, -0.1) is 0 Å². The average molecular weight is 236 g/mol. The van der Waals surface area contributed by atoms with E-state index in [-0.39, 0.29) is 0 Å². The van der Waals surface area contributed by atoms with Crippen LogP contribution < -0.4 is 10.2 Å². The number of piperazine rings is 1. The van der Waals surface area contributed by atoms with Crippen molar-refractivity contribution in [2.45, 2.75) is 46.2 Å². The molecule has 0 amide bonds. The average Bonchev–Trinajstić information content (AvgIpc) is 2.73. The zero-order chi connectivity index (χ0) is 12.4. The predicted octanol–water partition coefficient (Wildman–Crippen LogP) is 1.82. The molecule has 4 nitrogen and oxygen atoms in total. The van der Waals surface area contributed by atoms with Crippen molar-refractivity contribution in [2.75, 3.05) is 24.5 Å². The fraction of sp³-hybridized carbons (Fsp3) is 0.769. The van der Waals surface area contributed by atoms with Crippen LogP contribution in [-0.4, -0.2) is 35.2 Å². The first-order valence-electron chi connectivity index (χ1n) is 6.68. The second kappa shape index (κ2) is 5.08. The molecule has 1 aliphatic rings. The summed E-state index contributed by atoms with van der Waals surface area (Å²) in [6.45, 7) is 12.0. The first-order chi connectivity index (χ1) is 8.11. The number of aryl methyl sites for hydroxylation is 1. The molecular formula is C13H24N4. The molecule has 1 fully saturated rings. The van der Waals surface area contributed by atoms with Gasteiger partial charge in [0.2, 0.25) is 5.95 Å². The van der Waals surface area contributed by atoms with Crippen LogP contribution in [0, 0.1) is 0 Å². The van der Waals surface area contributed by atoms with Crippen LogP contribution >= 0.6 is 0 Å². The SMILES string of the molecule is CCc1cn(C(C)C)c(N2CCN[C@@H](C)C2)n1. The molecule has 0 radical (unpaired) electrons. The molecule has 0 unspecified atom stereocenters. The highest BCUT2D eigenvalue weighted by atomic mass is 15.3.